The van der Waals surface area contributed by atoms with Gasteiger partial charge in [-0.25, -0.2) is 0 Å². The number of hydrogen-bond donors (Lipinski definition) is 1. The van der Waals surface area contributed by atoms with E-state index < -0.39 is 0 Å². The van der Waals surface area contributed by atoms with E-state index in [1.54, 1.807) is 0 Å². The molecule has 0 heterocycles. The van der Waals surface area contributed by atoms with E-state index in [2.05, 4.69) is 88.5 Å². The number of nitrogens with one attached hydrogen (secondary N) is 1. The quantitative estimate of drug-likeness (QED) is 0.740. The van der Waals surface area contributed by atoms with Crippen LogP contribution in [-0.4, -0.2) is 0 Å². The van der Waals surface area contributed by atoms with Gasteiger partial charge in [0, 0.05) is 5.69 Å². The van der Waals surface area contributed by atoms with Crippen molar-refractivity contribution in [3.63, 3.8) is 0 Å². The maximum absolute atomic E-state index is 3.74. The molecule has 2 rings (SSSR count). The molecule has 1 N–H and O–H groups in total. The van der Waals surface area contributed by atoms with Crippen molar-refractivity contribution in [2.45, 2.75) is 52.5 Å². The molecule has 0 amide bonds. The van der Waals surface area contributed by atoms with Crippen molar-refractivity contribution in [2.75, 3.05) is 5.32 Å². The fourth-order valence-electron chi connectivity index (χ4n) is 2.67. The third-order valence-electron chi connectivity index (χ3n) is 3.95. The maximum Gasteiger partial charge on any atom is 0.0511 e. The lowest BCUT2D eigenvalue weighted by Crippen LogP contribution is -2.17. The molecule has 2 aromatic carbocycles. The van der Waals surface area contributed by atoms with Gasteiger partial charge < -0.3 is 5.32 Å². The Kier molecular flexibility index (Phi) is 4.72. The fourth-order valence-corrected chi connectivity index (χ4v) is 2.67. The number of rotatable bonds is 4. The summed E-state index contributed by atoms with van der Waals surface area (Å²) in [6, 6.07) is 17.9. The van der Waals surface area contributed by atoms with Gasteiger partial charge in [-0.1, -0.05) is 75.7 Å². The molecule has 1 nitrogen and oxygen atoms in total. The van der Waals surface area contributed by atoms with Crippen molar-refractivity contribution >= 4 is 5.69 Å². The van der Waals surface area contributed by atoms with Crippen molar-refractivity contribution in [1.82, 2.24) is 0 Å². The van der Waals surface area contributed by atoms with Gasteiger partial charge in [0.2, 0.25) is 0 Å². The second-order valence-corrected chi connectivity index (χ2v) is 6.81. The van der Waals surface area contributed by atoms with Gasteiger partial charge in [-0.05, 0) is 36.0 Å². The van der Waals surface area contributed by atoms with Crippen LogP contribution in [0.25, 0.3) is 0 Å². The van der Waals surface area contributed by atoms with Crippen molar-refractivity contribution < 1.29 is 0 Å². The molecule has 1 atom stereocenters. The molecule has 1 unspecified atom stereocenters. The highest BCUT2D eigenvalue weighted by Crippen LogP contribution is 2.32. The van der Waals surface area contributed by atoms with E-state index in [-0.39, 0.29) is 5.41 Å². The third-order valence-corrected chi connectivity index (χ3v) is 3.95. The lowest BCUT2D eigenvalue weighted by atomic mass is 9.85. The van der Waals surface area contributed by atoms with E-state index in [0.717, 1.165) is 6.42 Å². The van der Waals surface area contributed by atoms with Gasteiger partial charge in [0.15, 0.2) is 0 Å². The first-order valence-electron chi connectivity index (χ1n) is 7.84. The summed E-state index contributed by atoms with van der Waals surface area (Å²) in [6.07, 6.45) is 1.07. The molecule has 0 aromatic heterocycles. The molecule has 0 saturated heterocycles. The number of benzene rings is 2. The Labute approximate surface area is 129 Å². The lowest BCUT2D eigenvalue weighted by molar-refractivity contribution is 0.589. The zero-order chi connectivity index (χ0) is 15.5. The average Bonchev–Trinajstić information content (AvgIpc) is 2.45. The highest BCUT2D eigenvalue weighted by molar-refractivity contribution is 5.55. The summed E-state index contributed by atoms with van der Waals surface area (Å²) >= 11 is 0. The normalized spacial score (nSPS) is 13.0. The Balaban J connectivity index is 2.29. The van der Waals surface area contributed by atoms with Crippen LogP contribution in [0.2, 0.25) is 0 Å². The van der Waals surface area contributed by atoms with Crippen LogP contribution in [0.4, 0.5) is 5.69 Å². The molecule has 0 aliphatic carbocycles. The summed E-state index contributed by atoms with van der Waals surface area (Å²) < 4.78 is 0. The van der Waals surface area contributed by atoms with Gasteiger partial charge in [-0.2, -0.15) is 0 Å². The van der Waals surface area contributed by atoms with Crippen LogP contribution in [0, 0.1) is 6.92 Å². The molecule has 0 aliphatic heterocycles. The van der Waals surface area contributed by atoms with Crippen LogP contribution in [0.15, 0.2) is 48.5 Å². The van der Waals surface area contributed by atoms with Crippen molar-refractivity contribution in [1.29, 1.82) is 0 Å². The summed E-state index contributed by atoms with van der Waals surface area (Å²) in [4.78, 5) is 0. The minimum atomic E-state index is 0.148. The van der Waals surface area contributed by atoms with E-state index in [1.807, 2.05) is 0 Å². The minimum absolute atomic E-state index is 0.148. The summed E-state index contributed by atoms with van der Waals surface area (Å²) in [5, 5.41) is 3.74. The molecule has 1 heteroatoms. The van der Waals surface area contributed by atoms with E-state index in [4.69, 9.17) is 0 Å². The smallest absolute Gasteiger partial charge is 0.0511 e. The minimum Gasteiger partial charge on any atom is -0.378 e. The van der Waals surface area contributed by atoms with Crippen LogP contribution in [-0.2, 0) is 5.41 Å². The third kappa shape index (κ3) is 3.87. The van der Waals surface area contributed by atoms with Gasteiger partial charge in [0.05, 0.1) is 6.04 Å². The fraction of sp³-hybridized carbons (Fsp3) is 0.400. The van der Waals surface area contributed by atoms with Gasteiger partial charge in [-0.3, -0.25) is 0 Å². The number of para-hydroxylation sites is 1. The first-order valence-corrected chi connectivity index (χ1v) is 7.84. The highest BCUT2D eigenvalue weighted by Gasteiger charge is 2.19. The SMILES string of the molecule is CCC(Nc1ccccc1C(C)(C)C)c1ccc(C)cc1. The van der Waals surface area contributed by atoms with Crippen LogP contribution in [0.1, 0.15) is 56.8 Å². The predicted molar refractivity (Wildman–Crippen MR) is 93.0 cm³/mol. The van der Waals surface area contributed by atoms with Crippen LogP contribution in [0.5, 0.6) is 0 Å². The molecule has 0 aliphatic rings. The zero-order valence-corrected chi connectivity index (χ0v) is 13.9. The van der Waals surface area contributed by atoms with Gasteiger partial charge in [-0.15, -0.1) is 0 Å². The van der Waals surface area contributed by atoms with Crippen molar-refractivity contribution in [3.05, 3.63) is 65.2 Å². The Morgan fingerprint density at radius 1 is 0.952 bits per heavy atom. The molecule has 0 radical (unpaired) electrons. The summed E-state index contributed by atoms with van der Waals surface area (Å²) in [5.74, 6) is 0. The molecule has 2 aromatic rings. The zero-order valence-electron chi connectivity index (χ0n) is 13.9. The maximum atomic E-state index is 3.74. The Morgan fingerprint density at radius 3 is 2.14 bits per heavy atom. The van der Waals surface area contributed by atoms with E-state index in [1.165, 1.54) is 22.4 Å². The summed E-state index contributed by atoms with van der Waals surface area (Å²) in [6.45, 7) is 11.2. The second kappa shape index (κ2) is 6.34. The second-order valence-electron chi connectivity index (χ2n) is 6.81. The Morgan fingerprint density at radius 2 is 1.57 bits per heavy atom. The monoisotopic (exact) mass is 281 g/mol. The highest BCUT2D eigenvalue weighted by atomic mass is 14.9. The first kappa shape index (κ1) is 15.6. The average molecular weight is 281 g/mol. The molecular formula is C20H27N. The van der Waals surface area contributed by atoms with E-state index in [0.29, 0.717) is 6.04 Å². The van der Waals surface area contributed by atoms with Crippen molar-refractivity contribution in [2.24, 2.45) is 0 Å². The van der Waals surface area contributed by atoms with Crippen LogP contribution >= 0.6 is 0 Å². The predicted octanol–water partition coefficient (Wildman–Crippen LogP) is 5.86. The van der Waals surface area contributed by atoms with Gasteiger partial charge in [0.1, 0.15) is 0 Å². The number of aryl methyl sites for hydroxylation is 1. The topological polar surface area (TPSA) is 12.0 Å². The first-order chi connectivity index (χ1) is 9.91. The van der Waals surface area contributed by atoms with Gasteiger partial charge >= 0.3 is 0 Å². The van der Waals surface area contributed by atoms with Crippen LogP contribution in [0.3, 0.4) is 0 Å². The van der Waals surface area contributed by atoms with Gasteiger partial charge in [0.25, 0.3) is 0 Å². The molecule has 0 fully saturated rings. The Bertz CT molecular complexity index is 576. The summed E-state index contributed by atoms with van der Waals surface area (Å²) in [5.41, 5.74) is 5.43. The van der Waals surface area contributed by atoms with Crippen molar-refractivity contribution in [3.8, 4) is 0 Å². The molecule has 0 bridgehead atoms. The van der Waals surface area contributed by atoms with Crippen LogP contribution < -0.4 is 5.32 Å². The molecule has 0 spiro atoms. The molecule has 21 heavy (non-hydrogen) atoms. The summed E-state index contributed by atoms with van der Waals surface area (Å²) in [7, 11) is 0. The molecule has 112 valence electrons. The van der Waals surface area contributed by atoms with E-state index in [9.17, 15) is 0 Å². The number of hydrogen-bond acceptors (Lipinski definition) is 1. The Hall–Kier alpha value is -1.76. The molecule has 0 saturated carbocycles. The number of anilines is 1. The lowest BCUT2D eigenvalue weighted by Gasteiger charge is -2.27. The van der Waals surface area contributed by atoms with E-state index >= 15 is 0 Å². The standard InChI is InChI=1S/C20H27N/c1-6-18(16-13-11-15(2)12-14-16)21-19-10-8-7-9-17(19)20(3,4)5/h7-14,18,21H,6H2,1-5H3. The molecular weight excluding hydrogens is 254 g/mol. The largest absolute Gasteiger partial charge is 0.378 e.